The molecule has 0 aliphatic carbocycles. The fraction of sp³-hybridized carbons (Fsp3) is 0.462. The van der Waals surface area contributed by atoms with Gasteiger partial charge >= 0.3 is 0 Å². The zero-order valence-corrected chi connectivity index (χ0v) is 10.2. The Bertz CT molecular complexity index is 368. The van der Waals surface area contributed by atoms with E-state index in [1.54, 1.807) is 24.3 Å². The van der Waals surface area contributed by atoms with Gasteiger partial charge in [0.2, 0.25) is 0 Å². The third-order valence-electron chi connectivity index (χ3n) is 2.19. The van der Waals surface area contributed by atoms with Gasteiger partial charge in [-0.2, -0.15) is 5.26 Å². The normalized spacial score (nSPS) is 12.2. The van der Waals surface area contributed by atoms with E-state index in [-0.39, 0.29) is 6.61 Å². The minimum atomic E-state index is -0.534. The van der Waals surface area contributed by atoms with Crippen LogP contribution in [0.5, 0.6) is 5.75 Å². The summed E-state index contributed by atoms with van der Waals surface area (Å²) in [7, 11) is 0. The average Bonchev–Trinajstić information content (AvgIpc) is 2.34. The van der Waals surface area contributed by atoms with Crippen LogP contribution in [0.25, 0.3) is 0 Å². The first-order valence-corrected chi connectivity index (χ1v) is 5.66. The molecule has 0 radical (unpaired) electrons. The maximum Gasteiger partial charge on any atom is 0.119 e. The number of nitriles is 1. The summed E-state index contributed by atoms with van der Waals surface area (Å²) in [6.07, 6.45) is -0.534. The lowest BCUT2D eigenvalue weighted by Gasteiger charge is -2.14. The average molecular weight is 234 g/mol. The molecule has 1 aromatic carbocycles. The third kappa shape index (κ3) is 5.34. The first-order valence-electron chi connectivity index (χ1n) is 5.66. The maximum atomic E-state index is 9.62. The summed E-state index contributed by atoms with van der Waals surface area (Å²) in [5.74, 6) is 0.660. The maximum absolute atomic E-state index is 9.62. The number of nitrogens with zero attached hydrogens (tertiary/aromatic N) is 1. The van der Waals surface area contributed by atoms with E-state index in [0.717, 1.165) is 0 Å². The van der Waals surface area contributed by atoms with Gasteiger partial charge in [-0.15, -0.1) is 0 Å². The Balaban J connectivity index is 2.32. The van der Waals surface area contributed by atoms with Crippen molar-refractivity contribution in [3.05, 3.63) is 29.8 Å². The zero-order chi connectivity index (χ0) is 12.7. The summed E-state index contributed by atoms with van der Waals surface area (Å²) in [5.41, 5.74) is 0.597. The molecule has 4 heteroatoms. The second-order valence-corrected chi connectivity index (χ2v) is 4.16. The quantitative estimate of drug-likeness (QED) is 0.778. The molecule has 1 rings (SSSR count). The molecule has 0 spiro atoms. The number of aliphatic hydroxyl groups is 1. The number of hydrogen-bond donors (Lipinski definition) is 2. The molecule has 1 atom stereocenters. The molecule has 0 aliphatic rings. The van der Waals surface area contributed by atoms with Crippen molar-refractivity contribution in [1.29, 1.82) is 5.26 Å². The van der Waals surface area contributed by atoms with Crippen LogP contribution in [0.15, 0.2) is 24.3 Å². The Morgan fingerprint density at radius 3 is 2.53 bits per heavy atom. The second-order valence-electron chi connectivity index (χ2n) is 4.16. The van der Waals surface area contributed by atoms with Crippen molar-refractivity contribution in [2.75, 3.05) is 13.2 Å². The summed E-state index contributed by atoms with van der Waals surface area (Å²) in [6.45, 7) is 4.79. The van der Waals surface area contributed by atoms with Gasteiger partial charge in [-0.25, -0.2) is 0 Å². The predicted octanol–water partition coefficient (Wildman–Crippen LogP) is 1.30. The van der Waals surface area contributed by atoms with Crippen molar-refractivity contribution in [2.45, 2.75) is 26.0 Å². The van der Waals surface area contributed by atoms with Crippen molar-refractivity contribution >= 4 is 0 Å². The molecule has 0 fully saturated rings. The molecule has 0 saturated carbocycles. The van der Waals surface area contributed by atoms with Gasteiger partial charge in [0.05, 0.1) is 11.6 Å². The van der Waals surface area contributed by atoms with E-state index < -0.39 is 6.10 Å². The second kappa shape index (κ2) is 6.89. The van der Waals surface area contributed by atoms with E-state index >= 15 is 0 Å². The highest BCUT2D eigenvalue weighted by Crippen LogP contribution is 2.11. The topological polar surface area (TPSA) is 65.3 Å². The number of aliphatic hydroxyl groups excluding tert-OH is 1. The van der Waals surface area contributed by atoms with Crippen LogP contribution in [0, 0.1) is 11.3 Å². The smallest absolute Gasteiger partial charge is 0.119 e. The Morgan fingerprint density at radius 1 is 1.35 bits per heavy atom. The van der Waals surface area contributed by atoms with Gasteiger partial charge in [-0.3, -0.25) is 0 Å². The van der Waals surface area contributed by atoms with Gasteiger partial charge in [0.25, 0.3) is 0 Å². The third-order valence-corrected chi connectivity index (χ3v) is 2.19. The lowest BCUT2D eigenvalue weighted by molar-refractivity contribution is 0.104. The van der Waals surface area contributed by atoms with E-state index in [1.807, 2.05) is 19.9 Å². The predicted molar refractivity (Wildman–Crippen MR) is 65.8 cm³/mol. The van der Waals surface area contributed by atoms with Crippen LogP contribution in [0.1, 0.15) is 19.4 Å². The molecule has 0 heterocycles. The molecule has 0 aromatic heterocycles. The van der Waals surface area contributed by atoms with Crippen LogP contribution in [0.3, 0.4) is 0 Å². The summed E-state index contributed by atoms with van der Waals surface area (Å²) in [4.78, 5) is 0. The van der Waals surface area contributed by atoms with Crippen molar-refractivity contribution in [1.82, 2.24) is 5.32 Å². The first kappa shape index (κ1) is 13.5. The first-order chi connectivity index (χ1) is 8.11. The van der Waals surface area contributed by atoms with Crippen molar-refractivity contribution in [2.24, 2.45) is 0 Å². The molecule has 1 unspecified atom stereocenters. The molecule has 0 bridgehead atoms. The fourth-order valence-corrected chi connectivity index (χ4v) is 1.25. The highest BCUT2D eigenvalue weighted by atomic mass is 16.5. The summed E-state index contributed by atoms with van der Waals surface area (Å²) in [6, 6.07) is 9.21. The van der Waals surface area contributed by atoms with Crippen LogP contribution in [-0.2, 0) is 0 Å². The number of ether oxygens (including phenoxy) is 1. The summed E-state index contributed by atoms with van der Waals surface area (Å²) < 4.78 is 5.40. The zero-order valence-electron chi connectivity index (χ0n) is 10.2. The number of rotatable bonds is 6. The molecule has 17 heavy (non-hydrogen) atoms. The molecule has 0 saturated heterocycles. The van der Waals surface area contributed by atoms with Gasteiger partial charge in [0.15, 0.2) is 0 Å². The van der Waals surface area contributed by atoms with Gasteiger partial charge in [0.1, 0.15) is 18.5 Å². The minimum Gasteiger partial charge on any atom is -0.491 e. The Labute approximate surface area is 102 Å². The highest BCUT2D eigenvalue weighted by Gasteiger charge is 2.05. The molecule has 4 nitrogen and oxygen atoms in total. The van der Waals surface area contributed by atoms with E-state index in [1.165, 1.54) is 0 Å². The lowest BCUT2D eigenvalue weighted by Crippen LogP contribution is -2.35. The van der Waals surface area contributed by atoms with Crippen LogP contribution >= 0.6 is 0 Å². The van der Waals surface area contributed by atoms with Crippen LogP contribution in [0.4, 0.5) is 0 Å². The van der Waals surface area contributed by atoms with Gasteiger partial charge in [-0.1, -0.05) is 13.8 Å². The van der Waals surface area contributed by atoms with E-state index in [4.69, 9.17) is 10.00 Å². The van der Waals surface area contributed by atoms with E-state index in [9.17, 15) is 5.11 Å². The van der Waals surface area contributed by atoms with Crippen LogP contribution in [0.2, 0.25) is 0 Å². The van der Waals surface area contributed by atoms with Crippen molar-refractivity contribution < 1.29 is 9.84 Å². The fourth-order valence-electron chi connectivity index (χ4n) is 1.25. The van der Waals surface area contributed by atoms with Gasteiger partial charge in [0, 0.05) is 12.6 Å². The molecule has 0 amide bonds. The summed E-state index contributed by atoms with van der Waals surface area (Å²) >= 11 is 0. The van der Waals surface area contributed by atoms with Crippen molar-refractivity contribution in [3.8, 4) is 11.8 Å². The SMILES string of the molecule is CC(C)NCC(O)COc1ccc(C#N)cc1. The highest BCUT2D eigenvalue weighted by molar-refractivity contribution is 5.34. The van der Waals surface area contributed by atoms with Crippen LogP contribution < -0.4 is 10.1 Å². The summed E-state index contributed by atoms with van der Waals surface area (Å²) in [5, 5.41) is 21.4. The Kier molecular flexibility index (Phi) is 5.47. The molecule has 92 valence electrons. The van der Waals surface area contributed by atoms with E-state index in [0.29, 0.717) is 23.9 Å². The lowest BCUT2D eigenvalue weighted by atomic mass is 10.2. The molecular weight excluding hydrogens is 216 g/mol. The van der Waals surface area contributed by atoms with E-state index in [2.05, 4.69) is 5.32 Å². The number of hydrogen-bond acceptors (Lipinski definition) is 4. The standard InChI is InChI=1S/C13H18N2O2/c1-10(2)15-8-12(16)9-17-13-5-3-11(7-14)4-6-13/h3-6,10,12,15-16H,8-9H2,1-2H3. The minimum absolute atomic E-state index is 0.242. The molecular formula is C13H18N2O2. The number of nitrogens with one attached hydrogen (secondary N) is 1. The molecule has 2 N–H and O–H groups in total. The molecule has 1 aromatic rings. The molecule has 0 aliphatic heterocycles. The Hall–Kier alpha value is -1.57. The monoisotopic (exact) mass is 234 g/mol. The Morgan fingerprint density at radius 2 is 2.00 bits per heavy atom. The largest absolute Gasteiger partial charge is 0.491 e. The van der Waals surface area contributed by atoms with Crippen LogP contribution in [-0.4, -0.2) is 30.4 Å². The van der Waals surface area contributed by atoms with Crippen molar-refractivity contribution in [3.63, 3.8) is 0 Å². The van der Waals surface area contributed by atoms with Gasteiger partial charge < -0.3 is 15.2 Å². The van der Waals surface area contributed by atoms with Gasteiger partial charge in [-0.05, 0) is 24.3 Å². The number of benzene rings is 1.